The number of nitrogens with one attached hydrogen (secondary N) is 1. The summed E-state index contributed by atoms with van der Waals surface area (Å²) in [7, 11) is 3.30. The van der Waals surface area contributed by atoms with Crippen molar-refractivity contribution in [1.29, 1.82) is 0 Å². The molecule has 0 saturated carbocycles. The number of aromatic nitrogens is 3. The van der Waals surface area contributed by atoms with E-state index in [0.717, 1.165) is 48.1 Å². The predicted molar refractivity (Wildman–Crippen MR) is 112 cm³/mol. The van der Waals surface area contributed by atoms with Crippen molar-refractivity contribution < 1.29 is 9.47 Å². The van der Waals surface area contributed by atoms with E-state index in [1.165, 1.54) is 11.1 Å². The molecule has 4 rings (SSSR count). The molecule has 7 nitrogen and oxygen atoms in total. The second kappa shape index (κ2) is 7.58. The number of nitrogens with zero attached hydrogens (tertiary/aromatic N) is 3. The molecule has 1 aliphatic rings. The summed E-state index contributed by atoms with van der Waals surface area (Å²) in [5, 5.41) is 0. The molecule has 3 aromatic rings. The summed E-state index contributed by atoms with van der Waals surface area (Å²) in [6.45, 7) is 5.23. The molecule has 0 atom stereocenters. The average Bonchev–Trinajstić information content (AvgIpc) is 2.75. The molecule has 3 heterocycles. The maximum Gasteiger partial charge on any atom is 0.254 e. The van der Waals surface area contributed by atoms with Gasteiger partial charge in [0.15, 0.2) is 11.5 Å². The number of hydrogen-bond acceptors (Lipinski definition) is 6. The molecule has 0 spiro atoms. The minimum Gasteiger partial charge on any atom is -0.493 e. The van der Waals surface area contributed by atoms with Crippen LogP contribution in [-0.2, 0) is 13.0 Å². The van der Waals surface area contributed by atoms with Crippen LogP contribution in [0.2, 0.25) is 0 Å². The second-order valence-electron chi connectivity index (χ2n) is 7.18. The highest BCUT2D eigenvalue weighted by Gasteiger charge is 2.20. The maximum atomic E-state index is 12.0. The lowest BCUT2D eigenvalue weighted by atomic mass is 9.98. The van der Waals surface area contributed by atoms with Gasteiger partial charge < -0.3 is 19.4 Å². The highest BCUT2D eigenvalue weighted by molar-refractivity contribution is 5.58. The van der Waals surface area contributed by atoms with Crippen LogP contribution in [0, 0.1) is 13.8 Å². The monoisotopic (exact) mass is 392 g/mol. The van der Waals surface area contributed by atoms with Crippen LogP contribution in [0.15, 0.2) is 35.3 Å². The zero-order chi connectivity index (χ0) is 20.5. The SMILES string of the molecule is COc1cc2c(cc1OC)CN(c1ccc(-c3nc(C)c(C)c(=O)[nH]3)cn1)CC2. The zero-order valence-corrected chi connectivity index (χ0v) is 17.1. The Labute approximate surface area is 169 Å². The van der Waals surface area contributed by atoms with Crippen LogP contribution in [-0.4, -0.2) is 35.7 Å². The Kier molecular flexibility index (Phi) is 4.96. The summed E-state index contributed by atoms with van der Waals surface area (Å²) >= 11 is 0. The highest BCUT2D eigenvalue weighted by Crippen LogP contribution is 2.34. The van der Waals surface area contributed by atoms with Gasteiger partial charge in [-0.2, -0.15) is 0 Å². The Balaban J connectivity index is 1.59. The van der Waals surface area contributed by atoms with E-state index in [-0.39, 0.29) is 5.56 Å². The molecule has 29 heavy (non-hydrogen) atoms. The molecule has 1 N–H and O–H groups in total. The van der Waals surface area contributed by atoms with Gasteiger partial charge >= 0.3 is 0 Å². The van der Waals surface area contributed by atoms with Crippen LogP contribution in [0.5, 0.6) is 11.5 Å². The van der Waals surface area contributed by atoms with Crippen LogP contribution < -0.4 is 19.9 Å². The van der Waals surface area contributed by atoms with E-state index in [9.17, 15) is 4.79 Å². The van der Waals surface area contributed by atoms with Crippen molar-refractivity contribution in [2.45, 2.75) is 26.8 Å². The third-order valence-corrected chi connectivity index (χ3v) is 5.46. The van der Waals surface area contributed by atoms with E-state index in [2.05, 4.69) is 25.9 Å². The maximum absolute atomic E-state index is 12.0. The average molecular weight is 392 g/mol. The molecule has 2 aromatic heterocycles. The third kappa shape index (κ3) is 3.55. The van der Waals surface area contributed by atoms with Crippen molar-refractivity contribution in [2.75, 3.05) is 25.7 Å². The van der Waals surface area contributed by atoms with Gasteiger partial charge in [0.2, 0.25) is 0 Å². The third-order valence-electron chi connectivity index (χ3n) is 5.46. The predicted octanol–water partition coefficient (Wildman–Crippen LogP) is 3.03. The number of rotatable bonds is 4. The fourth-order valence-corrected chi connectivity index (χ4v) is 3.57. The molecule has 0 aliphatic carbocycles. The van der Waals surface area contributed by atoms with Gasteiger partial charge in [-0.25, -0.2) is 9.97 Å². The van der Waals surface area contributed by atoms with Crippen LogP contribution in [0.25, 0.3) is 11.4 Å². The van der Waals surface area contributed by atoms with Crippen LogP contribution in [0.1, 0.15) is 22.4 Å². The van der Waals surface area contributed by atoms with Crippen LogP contribution in [0.3, 0.4) is 0 Å². The van der Waals surface area contributed by atoms with Gasteiger partial charge in [0.1, 0.15) is 11.6 Å². The Morgan fingerprint density at radius 1 is 1.07 bits per heavy atom. The van der Waals surface area contributed by atoms with Gasteiger partial charge in [0.25, 0.3) is 5.56 Å². The summed E-state index contributed by atoms with van der Waals surface area (Å²) in [6, 6.07) is 8.01. The minimum atomic E-state index is -0.117. The quantitative estimate of drug-likeness (QED) is 0.735. The van der Waals surface area contributed by atoms with Crippen molar-refractivity contribution in [3.8, 4) is 22.9 Å². The Hall–Kier alpha value is -3.35. The molecular weight excluding hydrogens is 368 g/mol. The first-order valence-corrected chi connectivity index (χ1v) is 9.53. The molecule has 0 bridgehead atoms. The zero-order valence-electron chi connectivity index (χ0n) is 17.1. The first kappa shape index (κ1) is 19.0. The molecule has 7 heteroatoms. The summed E-state index contributed by atoms with van der Waals surface area (Å²) in [5.41, 5.74) is 4.51. The van der Waals surface area contributed by atoms with Gasteiger partial charge in [0.05, 0.1) is 14.2 Å². The van der Waals surface area contributed by atoms with Gasteiger partial charge in [-0.15, -0.1) is 0 Å². The van der Waals surface area contributed by atoms with E-state index in [1.54, 1.807) is 27.3 Å². The molecule has 150 valence electrons. The number of aryl methyl sites for hydroxylation is 1. The van der Waals surface area contributed by atoms with E-state index in [4.69, 9.17) is 9.47 Å². The lowest BCUT2D eigenvalue weighted by Crippen LogP contribution is -2.31. The van der Waals surface area contributed by atoms with Crippen molar-refractivity contribution in [2.24, 2.45) is 0 Å². The normalized spacial score (nSPS) is 13.2. The largest absolute Gasteiger partial charge is 0.493 e. The number of benzene rings is 1. The molecular formula is C22H24N4O3. The molecule has 0 fully saturated rings. The van der Waals surface area contributed by atoms with E-state index in [1.807, 2.05) is 25.1 Å². The Bertz CT molecular complexity index is 1110. The lowest BCUT2D eigenvalue weighted by Gasteiger charge is -2.30. The smallest absolute Gasteiger partial charge is 0.254 e. The van der Waals surface area contributed by atoms with Crippen LogP contribution in [0.4, 0.5) is 5.82 Å². The van der Waals surface area contributed by atoms with Crippen molar-refractivity contribution >= 4 is 5.82 Å². The molecule has 1 aromatic carbocycles. The fourth-order valence-electron chi connectivity index (χ4n) is 3.57. The van der Waals surface area contributed by atoms with Gasteiger partial charge in [-0.05, 0) is 55.7 Å². The van der Waals surface area contributed by atoms with Crippen molar-refractivity contribution in [3.05, 3.63) is 63.2 Å². The van der Waals surface area contributed by atoms with Gasteiger partial charge in [-0.3, -0.25) is 4.79 Å². The summed E-state index contributed by atoms with van der Waals surface area (Å²) in [4.78, 5) is 26.2. The van der Waals surface area contributed by atoms with E-state index in [0.29, 0.717) is 11.4 Å². The van der Waals surface area contributed by atoms with E-state index >= 15 is 0 Å². The number of aromatic amines is 1. The molecule has 0 unspecified atom stereocenters. The number of ether oxygens (including phenoxy) is 2. The Morgan fingerprint density at radius 3 is 2.41 bits per heavy atom. The topological polar surface area (TPSA) is 80.3 Å². The first-order valence-electron chi connectivity index (χ1n) is 9.53. The lowest BCUT2D eigenvalue weighted by molar-refractivity contribution is 0.353. The van der Waals surface area contributed by atoms with Crippen molar-refractivity contribution in [3.63, 3.8) is 0 Å². The number of anilines is 1. The van der Waals surface area contributed by atoms with Gasteiger partial charge in [0, 0.05) is 36.1 Å². The minimum absolute atomic E-state index is 0.117. The van der Waals surface area contributed by atoms with Crippen LogP contribution >= 0.6 is 0 Å². The number of pyridine rings is 1. The van der Waals surface area contributed by atoms with Crippen molar-refractivity contribution in [1.82, 2.24) is 15.0 Å². The molecule has 0 saturated heterocycles. The fraction of sp³-hybridized carbons (Fsp3) is 0.318. The number of hydrogen-bond donors (Lipinski definition) is 1. The summed E-state index contributed by atoms with van der Waals surface area (Å²) in [6.07, 6.45) is 2.66. The summed E-state index contributed by atoms with van der Waals surface area (Å²) < 4.78 is 10.9. The highest BCUT2D eigenvalue weighted by atomic mass is 16.5. The second-order valence-corrected chi connectivity index (χ2v) is 7.18. The molecule has 0 radical (unpaired) electrons. The first-order chi connectivity index (χ1) is 14.0. The molecule has 0 amide bonds. The van der Waals surface area contributed by atoms with E-state index < -0.39 is 0 Å². The number of methoxy groups -OCH3 is 2. The Morgan fingerprint density at radius 2 is 1.79 bits per heavy atom. The standard InChI is InChI=1S/C22H24N4O3/c1-13-14(2)24-21(25-22(13)27)16-5-6-20(23-11-16)26-8-7-15-9-18(28-3)19(29-4)10-17(15)12-26/h5-6,9-11H,7-8,12H2,1-4H3,(H,24,25,27). The molecule has 1 aliphatic heterocycles. The number of fused-ring (bicyclic) bond motifs is 1. The summed E-state index contributed by atoms with van der Waals surface area (Å²) in [5.74, 6) is 2.93. The van der Waals surface area contributed by atoms with Gasteiger partial charge in [-0.1, -0.05) is 0 Å². The number of H-pyrrole nitrogens is 1.